The SMILES string of the molecule is Cc1cccc(NC(=O)C2CCCN2C(=O)C(C)(C)C)n1. The molecule has 0 radical (unpaired) electrons. The van der Waals surface area contributed by atoms with Crippen LogP contribution in [0.2, 0.25) is 0 Å². The summed E-state index contributed by atoms with van der Waals surface area (Å²) in [6, 6.07) is 5.10. The van der Waals surface area contributed by atoms with Gasteiger partial charge in [0.05, 0.1) is 0 Å². The molecule has 1 aromatic rings. The van der Waals surface area contributed by atoms with Gasteiger partial charge in [0.25, 0.3) is 0 Å². The molecule has 5 heteroatoms. The fourth-order valence-corrected chi connectivity index (χ4v) is 2.54. The van der Waals surface area contributed by atoms with Crippen LogP contribution >= 0.6 is 0 Å². The van der Waals surface area contributed by atoms with E-state index in [4.69, 9.17) is 0 Å². The Kier molecular flexibility index (Phi) is 4.30. The van der Waals surface area contributed by atoms with Crippen LogP contribution in [0.5, 0.6) is 0 Å². The number of aromatic nitrogens is 1. The smallest absolute Gasteiger partial charge is 0.248 e. The Balaban J connectivity index is 2.09. The average molecular weight is 289 g/mol. The summed E-state index contributed by atoms with van der Waals surface area (Å²) in [5.41, 5.74) is 0.381. The zero-order valence-corrected chi connectivity index (χ0v) is 13.1. The molecule has 1 aromatic heterocycles. The first-order valence-corrected chi connectivity index (χ1v) is 7.34. The summed E-state index contributed by atoms with van der Waals surface area (Å²) in [5, 5.41) is 2.82. The van der Waals surface area contributed by atoms with E-state index in [9.17, 15) is 9.59 Å². The molecule has 1 saturated heterocycles. The number of hydrogen-bond donors (Lipinski definition) is 1. The second-order valence-corrected chi connectivity index (χ2v) is 6.56. The minimum absolute atomic E-state index is 0.0253. The van der Waals surface area contributed by atoms with Gasteiger partial charge in [-0.2, -0.15) is 0 Å². The van der Waals surface area contributed by atoms with Gasteiger partial charge >= 0.3 is 0 Å². The molecular formula is C16H23N3O2. The van der Waals surface area contributed by atoms with Crippen molar-refractivity contribution >= 4 is 17.6 Å². The van der Waals surface area contributed by atoms with Gasteiger partial charge in [0.15, 0.2) is 0 Å². The predicted octanol–water partition coefficient (Wildman–Crippen LogP) is 2.37. The standard InChI is InChI=1S/C16H23N3O2/c1-11-7-5-9-13(17-11)18-14(20)12-8-6-10-19(12)15(21)16(2,3)4/h5,7,9,12H,6,8,10H2,1-4H3,(H,17,18,20). The van der Waals surface area contributed by atoms with Crippen molar-refractivity contribution in [2.24, 2.45) is 5.41 Å². The van der Waals surface area contributed by atoms with E-state index in [1.165, 1.54) is 0 Å². The summed E-state index contributed by atoms with van der Waals surface area (Å²) in [5.74, 6) is 0.413. The summed E-state index contributed by atoms with van der Waals surface area (Å²) >= 11 is 0. The van der Waals surface area contributed by atoms with Crippen molar-refractivity contribution in [2.75, 3.05) is 11.9 Å². The second-order valence-electron chi connectivity index (χ2n) is 6.56. The van der Waals surface area contributed by atoms with Crippen molar-refractivity contribution in [3.05, 3.63) is 23.9 Å². The third-order valence-electron chi connectivity index (χ3n) is 3.60. The van der Waals surface area contributed by atoms with Crippen molar-refractivity contribution in [2.45, 2.75) is 46.6 Å². The molecule has 2 heterocycles. The minimum atomic E-state index is -0.468. The number of pyridine rings is 1. The summed E-state index contributed by atoms with van der Waals surface area (Å²) in [6.07, 6.45) is 1.57. The van der Waals surface area contributed by atoms with Crippen LogP contribution in [0.15, 0.2) is 18.2 Å². The summed E-state index contributed by atoms with van der Waals surface area (Å²) in [4.78, 5) is 30.8. The molecule has 0 saturated carbocycles. The zero-order valence-electron chi connectivity index (χ0n) is 13.1. The van der Waals surface area contributed by atoms with Gasteiger partial charge in [0, 0.05) is 17.7 Å². The lowest BCUT2D eigenvalue weighted by molar-refractivity contribution is -0.143. The highest BCUT2D eigenvalue weighted by molar-refractivity contribution is 5.97. The lowest BCUT2D eigenvalue weighted by Gasteiger charge is -2.30. The highest BCUT2D eigenvalue weighted by Crippen LogP contribution is 2.26. The maximum atomic E-state index is 12.4. The molecule has 1 N–H and O–H groups in total. The third kappa shape index (κ3) is 3.60. The molecule has 1 aliphatic heterocycles. The molecule has 1 aliphatic rings. The number of nitrogens with one attached hydrogen (secondary N) is 1. The van der Waals surface area contributed by atoms with E-state index in [0.717, 1.165) is 12.1 Å². The van der Waals surface area contributed by atoms with Crippen LogP contribution in [-0.2, 0) is 9.59 Å². The average Bonchev–Trinajstić information content (AvgIpc) is 2.85. The molecule has 114 valence electrons. The van der Waals surface area contributed by atoms with E-state index in [1.807, 2.05) is 39.8 Å². The fourth-order valence-electron chi connectivity index (χ4n) is 2.54. The minimum Gasteiger partial charge on any atom is -0.330 e. The van der Waals surface area contributed by atoms with Gasteiger partial charge in [-0.3, -0.25) is 9.59 Å². The van der Waals surface area contributed by atoms with Crippen LogP contribution in [0.25, 0.3) is 0 Å². The summed E-state index contributed by atoms with van der Waals surface area (Å²) in [6.45, 7) is 8.16. The number of rotatable bonds is 2. The van der Waals surface area contributed by atoms with Crippen LogP contribution in [-0.4, -0.2) is 34.3 Å². The van der Waals surface area contributed by atoms with Crippen LogP contribution < -0.4 is 5.32 Å². The quantitative estimate of drug-likeness (QED) is 0.909. The van der Waals surface area contributed by atoms with Gasteiger partial charge in [0.2, 0.25) is 11.8 Å². The number of anilines is 1. The van der Waals surface area contributed by atoms with E-state index >= 15 is 0 Å². The molecule has 1 fully saturated rings. The predicted molar refractivity (Wildman–Crippen MR) is 81.8 cm³/mol. The lowest BCUT2D eigenvalue weighted by Crippen LogP contribution is -2.47. The van der Waals surface area contributed by atoms with Gasteiger partial charge in [-0.25, -0.2) is 4.98 Å². The van der Waals surface area contributed by atoms with Gasteiger partial charge in [-0.15, -0.1) is 0 Å². The van der Waals surface area contributed by atoms with Crippen LogP contribution in [0.3, 0.4) is 0 Å². The van der Waals surface area contributed by atoms with Crippen molar-refractivity contribution in [3.8, 4) is 0 Å². The largest absolute Gasteiger partial charge is 0.330 e. The third-order valence-corrected chi connectivity index (χ3v) is 3.60. The van der Waals surface area contributed by atoms with E-state index in [1.54, 1.807) is 11.0 Å². The summed E-state index contributed by atoms with van der Waals surface area (Å²) in [7, 11) is 0. The van der Waals surface area contributed by atoms with Crippen molar-refractivity contribution in [1.82, 2.24) is 9.88 Å². The van der Waals surface area contributed by atoms with Crippen LogP contribution in [0, 0.1) is 12.3 Å². The highest BCUT2D eigenvalue weighted by Gasteiger charge is 2.38. The molecule has 2 rings (SSSR count). The Morgan fingerprint density at radius 1 is 1.33 bits per heavy atom. The first kappa shape index (κ1) is 15.5. The monoisotopic (exact) mass is 289 g/mol. The topological polar surface area (TPSA) is 62.3 Å². The Hall–Kier alpha value is -1.91. The molecular weight excluding hydrogens is 266 g/mol. The molecule has 1 unspecified atom stereocenters. The number of likely N-dealkylation sites (tertiary alicyclic amines) is 1. The Labute approximate surface area is 125 Å². The van der Waals surface area contributed by atoms with Crippen molar-refractivity contribution in [3.63, 3.8) is 0 Å². The first-order chi connectivity index (χ1) is 9.79. The van der Waals surface area contributed by atoms with Crippen LogP contribution in [0.1, 0.15) is 39.3 Å². The molecule has 1 atom stereocenters. The number of hydrogen-bond acceptors (Lipinski definition) is 3. The molecule has 0 bridgehead atoms. The maximum Gasteiger partial charge on any atom is 0.248 e. The van der Waals surface area contributed by atoms with E-state index in [-0.39, 0.29) is 17.9 Å². The molecule has 2 amide bonds. The van der Waals surface area contributed by atoms with E-state index < -0.39 is 5.41 Å². The zero-order chi connectivity index (χ0) is 15.6. The fraction of sp³-hybridized carbons (Fsp3) is 0.562. The number of amides is 2. The number of carbonyl (C=O) groups excluding carboxylic acids is 2. The second kappa shape index (κ2) is 5.84. The van der Waals surface area contributed by atoms with E-state index in [0.29, 0.717) is 18.8 Å². The maximum absolute atomic E-state index is 12.4. The van der Waals surface area contributed by atoms with Gasteiger partial charge in [0.1, 0.15) is 11.9 Å². The summed E-state index contributed by atoms with van der Waals surface area (Å²) < 4.78 is 0. The molecule has 0 aromatic carbocycles. The van der Waals surface area contributed by atoms with Crippen molar-refractivity contribution < 1.29 is 9.59 Å². The molecule has 0 spiro atoms. The first-order valence-electron chi connectivity index (χ1n) is 7.34. The van der Waals surface area contributed by atoms with Gasteiger partial charge in [-0.05, 0) is 31.9 Å². The molecule has 21 heavy (non-hydrogen) atoms. The van der Waals surface area contributed by atoms with Crippen molar-refractivity contribution in [1.29, 1.82) is 0 Å². The number of aryl methyl sites for hydroxylation is 1. The normalized spacial score (nSPS) is 18.7. The van der Waals surface area contributed by atoms with Gasteiger partial charge < -0.3 is 10.2 Å². The lowest BCUT2D eigenvalue weighted by atomic mass is 9.94. The number of nitrogens with zero attached hydrogens (tertiary/aromatic N) is 2. The molecule has 0 aliphatic carbocycles. The highest BCUT2D eigenvalue weighted by atomic mass is 16.2. The van der Waals surface area contributed by atoms with E-state index in [2.05, 4.69) is 10.3 Å². The van der Waals surface area contributed by atoms with Crippen LogP contribution in [0.4, 0.5) is 5.82 Å². The van der Waals surface area contributed by atoms with Gasteiger partial charge in [-0.1, -0.05) is 26.8 Å². The Morgan fingerprint density at radius 3 is 2.67 bits per heavy atom. The Bertz CT molecular complexity index is 549. The molecule has 5 nitrogen and oxygen atoms in total. The number of carbonyl (C=O) groups is 2. The Morgan fingerprint density at radius 2 is 2.05 bits per heavy atom.